The van der Waals surface area contributed by atoms with Crippen molar-refractivity contribution in [1.82, 2.24) is 24.5 Å². The van der Waals surface area contributed by atoms with E-state index in [1.807, 2.05) is 0 Å². The summed E-state index contributed by atoms with van der Waals surface area (Å²) in [6.45, 7) is 11.3. The summed E-state index contributed by atoms with van der Waals surface area (Å²) >= 11 is 1.48. The van der Waals surface area contributed by atoms with E-state index in [4.69, 9.17) is 4.99 Å². The van der Waals surface area contributed by atoms with Gasteiger partial charge < -0.3 is 15.1 Å². The number of guanidine groups is 1. The molecule has 3 rings (SSSR count). The highest BCUT2D eigenvalue weighted by molar-refractivity contribution is 7.91. The molecule has 2 fully saturated rings. The first-order chi connectivity index (χ1) is 13.5. The van der Waals surface area contributed by atoms with Crippen molar-refractivity contribution >= 4 is 32.5 Å². The van der Waals surface area contributed by atoms with Gasteiger partial charge in [-0.1, -0.05) is 6.92 Å². The van der Waals surface area contributed by atoms with E-state index in [0.717, 1.165) is 62.6 Å². The maximum Gasteiger partial charge on any atom is 0.205 e. The smallest absolute Gasteiger partial charge is 0.205 e. The number of nitrogens with zero attached hydrogens (tertiary/aromatic N) is 6. The van der Waals surface area contributed by atoms with E-state index in [1.54, 1.807) is 0 Å². The Balaban J connectivity index is 1.49. The van der Waals surface area contributed by atoms with E-state index >= 15 is 0 Å². The van der Waals surface area contributed by atoms with Gasteiger partial charge in [0, 0.05) is 70.3 Å². The van der Waals surface area contributed by atoms with Crippen LogP contribution in [0.1, 0.15) is 19.7 Å². The van der Waals surface area contributed by atoms with Crippen molar-refractivity contribution in [3.63, 3.8) is 0 Å². The molecule has 9 nitrogen and oxygen atoms in total. The molecule has 28 heavy (non-hydrogen) atoms. The molecule has 2 saturated heterocycles. The highest BCUT2D eigenvalue weighted by Gasteiger charge is 2.23. The van der Waals surface area contributed by atoms with E-state index in [-0.39, 0.29) is 11.5 Å². The summed E-state index contributed by atoms with van der Waals surface area (Å²) in [6.07, 6.45) is 0.872. The van der Waals surface area contributed by atoms with Crippen LogP contribution in [0.25, 0.3) is 0 Å². The van der Waals surface area contributed by atoms with Gasteiger partial charge in [0.15, 0.2) is 15.8 Å². The Kier molecular flexibility index (Phi) is 7.47. The molecule has 1 aromatic heterocycles. The Bertz CT molecular complexity index is 743. The van der Waals surface area contributed by atoms with Gasteiger partial charge in [-0.05, 0) is 6.92 Å². The highest BCUT2D eigenvalue weighted by Crippen LogP contribution is 2.19. The second-order valence-electron chi connectivity index (χ2n) is 7.05. The van der Waals surface area contributed by atoms with E-state index in [9.17, 15) is 8.42 Å². The molecule has 0 atom stereocenters. The van der Waals surface area contributed by atoms with Gasteiger partial charge in [0.25, 0.3) is 0 Å². The monoisotopic (exact) mass is 429 g/mol. The van der Waals surface area contributed by atoms with E-state index < -0.39 is 9.84 Å². The van der Waals surface area contributed by atoms with Gasteiger partial charge in [0.05, 0.1) is 18.1 Å². The van der Waals surface area contributed by atoms with Gasteiger partial charge >= 0.3 is 0 Å². The third kappa shape index (κ3) is 5.77. The number of piperazine rings is 1. The zero-order valence-corrected chi connectivity index (χ0v) is 18.4. The fourth-order valence-corrected chi connectivity index (χ4v) is 5.40. The molecule has 11 heteroatoms. The third-order valence-corrected chi connectivity index (χ3v) is 7.50. The number of aliphatic imine (C=N–C) groups is 1. The lowest BCUT2D eigenvalue weighted by Crippen LogP contribution is -2.52. The summed E-state index contributed by atoms with van der Waals surface area (Å²) in [5.41, 5.74) is 0. The first-order valence-electron chi connectivity index (χ1n) is 10.0. The second-order valence-corrected chi connectivity index (χ2v) is 10.1. The maximum absolute atomic E-state index is 11.5. The average Bonchev–Trinajstić information content (AvgIpc) is 3.18. The lowest BCUT2D eigenvalue weighted by molar-refractivity contribution is 0.302. The van der Waals surface area contributed by atoms with Gasteiger partial charge in [0.1, 0.15) is 5.82 Å². The normalized spacial score (nSPS) is 21.1. The quantitative estimate of drug-likeness (QED) is 0.496. The molecule has 0 radical (unpaired) electrons. The van der Waals surface area contributed by atoms with Gasteiger partial charge in [-0.2, -0.15) is 4.37 Å². The van der Waals surface area contributed by atoms with Crippen molar-refractivity contribution in [3.8, 4) is 0 Å². The molecule has 3 heterocycles. The summed E-state index contributed by atoms with van der Waals surface area (Å²) in [7, 11) is -2.82. The van der Waals surface area contributed by atoms with Crippen LogP contribution in [0, 0.1) is 0 Å². The van der Waals surface area contributed by atoms with Crippen LogP contribution in [0.4, 0.5) is 5.13 Å². The predicted molar refractivity (Wildman–Crippen MR) is 114 cm³/mol. The Morgan fingerprint density at radius 3 is 2.46 bits per heavy atom. The van der Waals surface area contributed by atoms with Gasteiger partial charge in [0.2, 0.25) is 5.13 Å². The summed E-state index contributed by atoms with van der Waals surface area (Å²) in [5.74, 6) is 2.40. The van der Waals surface area contributed by atoms with Crippen LogP contribution in [0.3, 0.4) is 0 Å². The van der Waals surface area contributed by atoms with E-state index in [1.165, 1.54) is 11.5 Å². The van der Waals surface area contributed by atoms with E-state index in [0.29, 0.717) is 19.6 Å². The summed E-state index contributed by atoms with van der Waals surface area (Å²) < 4.78 is 27.5. The fourth-order valence-electron chi connectivity index (χ4n) is 3.32. The van der Waals surface area contributed by atoms with E-state index in [2.05, 4.69) is 43.2 Å². The topological polar surface area (TPSA) is 94.0 Å². The minimum absolute atomic E-state index is 0.268. The Morgan fingerprint density at radius 1 is 1.14 bits per heavy atom. The molecule has 1 aromatic rings. The van der Waals surface area contributed by atoms with Crippen molar-refractivity contribution in [2.45, 2.75) is 20.3 Å². The number of sulfone groups is 1. The molecule has 0 unspecified atom stereocenters. The molecule has 0 aliphatic carbocycles. The van der Waals surface area contributed by atoms with Crippen LogP contribution in [0.2, 0.25) is 0 Å². The summed E-state index contributed by atoms with van der Waals surface area (Å²) in [5, 5.41) is 4.40. The number of nitrogens with one attached hydrogen (secondary N) is 1. The standard InChI is InChI=1S/C17H31N7O2S2/c1-3-15-20-17(27-21-15)24-9-7-23(8-10-24)16(18-4-2)19-5-6-22-11-13-28(25,26)14-12-22/h3-14H2,1-2H3,(H,18,19). The molecule has 0 spiro atoms. The lowest BCUT2D eigenvalue weighted by Gasteiger charge is -2.36. The van der Waals surface area contributed by atoms with Crippen LogP contribution >= 0.6 is 11.5 Å². The Labute approximate surface area is 171 Å². The third-order valence-electron chi connectivity index (χ3n) is 5.07. The molecule has 158 valence electrons. The zero-order valence-electron chi connectivity index (χ0n) is 16.8. The lowest BCUT2D eigenvalue weighted by atomic mass is 10.3. The molecule has 0 aromatic carbocycles. The van der Waals surface area contributed by atoms with Gasteiger partial charge in [-0.25, -0.2) is 13.4 Å². The first kappa shape index (κ1) is 21.3. The van der Waals surface area contributed by atoms with Crippen molar-refractivity contribution in [3.05, 3.63) is 5.82 Å². The van der Waals surface area contributed by atoms with Crippen LogP contribution < -0.4 is 10.2 Å². The molecule has 2 aliphatic rings. The number of hydrogen-bond acceptors (Lipinski definition) is 8. The molecule has 0 amide bonds. The molecule has 0 bridgehead atoms. The van der Waals surface area contributed by atoms with Gasteiger partial charge in [-0.15, -0.1) is 0 Å². The summed E-state index contributed by atoms with van der Waals surface area (Å²) in [6, 6.07) is 0. The first-order valence-corrected chi connectivity index (χ1v) is 12.6. The fraction of sp³-hybridized carbons (Fsp3) is 0.824. The SMILES string of the molecule is CCNC(=NCCN1CCS(=O)(=O)CC1)N1CCN(c2nc(CC)ns2)CC1. The molecular weight excluding hydrogens is 398 g/mol. The number of anilines is 1. The van der Waals surface area contributed by atoms with Crippen molar-refractivity contribution < 1.29 is 8.42 Å². The van der Waals surface area contributed by atoms with Crippen molar-refractivity contribution in [1.29, 1.82) is 0 Å². The average molecular weight is 430 g/mol. The van der Waals surface area contributed by atoms with Crippen LogP contribution in [-0.2, 0) is 16.3 Å². The van der Waals surface area contributed by atoms with Crippen molar-refractivity contribution in [2.24, 2.45) is 4.99 Å². The van der Waals surface area contributed by atoms with Gasteiger partial charge in [-0.3, -0.25) is 9.89 Å². The largest absolute Gasteiger partial charge is 0.357 e. The molecule has 0 saturated carbocycles. The minimum Gasteiger partial charge on any atom is -0.357 e. The Hall–Kier alpha value is -1.46. The number of aryl methyl sites for hydroxylation is 1. The predicted octanol–water partition coefficient (Wildman–Crippen LogP) is -0.0816. The zero-order chi connectivity index (χ0) is 20.0. The minimum atomic E-state index is -2.82. The van der Waals surface area contributed by atoms with Crippen LogP contribution in [-0.4, -0.2) is 104 Å². The van der Waals surface area contributed by atoms with Crippen molar-refractivity contribution in [2.75, 3.05) is 75.3 Å². The second kappa shape index (κ2) is 9.84. The highest BCUT2D eigenvalue weighted by atomic mass is 32.2. The molecule has 1 N–H and O–H groups in total. The van der Waals surface area contributed by atoms with Crippen LogP contribution in [0.5, 0.6) is 0 Å². The summed E-state index contributed by atoms with van der Waals surface area (Å²) in [4.78, 5) is 16.1. The number of aromatic nitrogens is 2. The van der Waals surface area contributed by atoms with Crippen LogP contribution in [0.15, 0.2) is 4.99 Å². The Morgan fingerprint density at radius 2 is 1.86 bits per heavy atom. The number of rotatable bonds is 6. The number of hydrogen-bond donors (Lipinski definition) is 1. The maximum atomic E-state index is 11.5. The molecular formula is C17H31N7O2S2. The molecule has 2 aliphatic heterocycles.